The van der Waals surface area contributed by atoms with Crippen LogP contribution in [0.2, 0.25) is 5.02 Å². The fraction of sp³-hybridized carbons (Fsp3) is 0.105. The van der Waals surface area contributed by atoms with Crippen LogP contribution in [0.25, 0.3) is 10.8 Å². The molecule has 0 aliphatic heterocycles. The number of carbonyl (C=O) groups is 1. The summed E-state index contributed by atoms with van der Waals surface area (Å²) in [6, 6.07) is 19.5. The van der Waals surface area contributed by atoms with Gasteiger partial charge in [0.2, 0.25) is 0 Å². The zero-order chi connectivity index (χ0) is 14.8. The van der Waals surface area contributed by atoms with Crippen LogP contribution in [0.4, 0.5) is 0 Å². The third-order valence-corrected chi connectivity index (χ3v) is 4.09. The third-order valence-electron chi connectivity index (χ3n) is 3.73. The number of fused-ring (bicyclic) bond motifs is 1. The molecule has 0 unspecified atom stereocenters. The number of ketones is 1. The molecule has 3 rings (SSSR count). The highest BCUT2D eigenvalue weighted by Gasteiger charge is 2.14. The van der Waals surface area contributed by atoms with Crippen molar-refractivity contribution in [1.29, 1.82) is 0 Å². The Morgan fingerprint density at radius 1 is 0.952 bits per heavy atom. The van der Waals surface area contributed by atoms with Gasteiger partial charge in [0.05, 0.1) is 0 Å². The second kappa shape index (κ2) is 5.71. The summed E-state index contributed by atoms with van der Waals surface area (Å²) in [5.41, 5.74) is 2.68. The summed E-state index contributed by atoms with van der Waals surface area (Å²) in [6.07, 6.45) is 0.328. The van der Waals surface area contributed by atoms with Gasteiger partial charge in [0.1, 0.15) is 0 Å². The van der Waals surface area contributed by atoms with Gasteiger partial charge in [-0.3, -0.25) is 4.79 Å². The number of Topliss-reactive ketones (excluding diaryl/α,β-unsaturated/α-hetero) is 1. The number of hydrogen-bond donors (Lipinski definition) is 0. The number of benzene rings is 3. The van der Waals surface area contributed by atoms with Crippen LogP contribution in [-0.2, 0) is 6.42 Å². The minimum atomic E-state index is 0.109. The summed E-state index contributed by atoms with van der Waals surface area (Å²) in [5, 5.41) is 2.74. The molecule has 0 aliphatic rings. The van der Waals surface area contributed by atoms with Crippen LogP contribution < -0.4 is 0 Å². The van der Waals surface area contributed by atoms with E-state index in [1.54, 1.807) is 0 Å². The van der Waals surface area contributed by atoms with Crippen molar-refractivity contribution in [3.8, 4) is 0 Å². The highest BCUT2D eigenvalue weighted by Crippen LogP contribution is 2.25. The number of carbonyl (C=O) groups excluding carboxylic acids is 1. The molecule has 0 amide bonds. The van der Waals surface area contributed by atoms with Gasteiger partial charge in [-0.05, 0) is 34.9 Å². The van der Waals surface area contributed by atoms with Crippen LogP contribution in [0, 0.1) is 6.92 Å². The molecule has 0 aromatic heterocycles. The summed E-state index contributed by atoms with van der Waals surface area (Å²) in [6.45, 7) is 1.98. The molecule has 0 heterocycles. The van der Waals surface area contributed by atoms with Crippen molar-refractivity contribution in [2.24, 2.45) is 0 Å². The summed E-state index contributed by atoms with van der Waals surface area (Å²) in [5.74, 6) is 0.109. The minimum Gasteiger partial charge on any atom is -0.294 e. The Labute approximate surface area is 129 Å². The van der Waals surface area contributed by atoms with E-state index in [2.05, 4.69) is 6.07 Å². The number of hydrogen-bond acceptors (Lipinski definition) is 1. The lowest BCUT2D eigenvalue weighted by molar-refractivity contribution is 0.0994. The molecule has 0 N–H and O–H groups in total. The molecule has 3 aromatic carbocycles. The normalized spacial score (nSPS) is 10.8. The van der Waals surface area contributed by atoms with E-state index in [4.69, 9.17) is 11.6 Å². The van der Waals surface area contributed by atoms with Crippen molar-refractivity contribution < 1.29 is 4.79 Å². The number of rotatable bonds is 3. The molecule has 0 bridgehead atoms. The maximum Gasteiger partial charge on any atom is 0.168 e. The maximum atomic E-state index is 12.7. The average molecular weight is 295 g/mol. The molecule has 21 heavy (non-hydrogen) atoms. The Morgan fingerprint density at radius 2 is 1.67 bits per heavy atom. The van der Waals surface area contributed by atoms with E-state index in [0.717, 1.165) is 27.5 Å². The zero-order valence-electron chi connectivity index (χ0n) is 11.8. The molecule has 0 spiro atoms. The van der Waals surface area contributed by atoms with Gasteiger partial charge in [-0.1, -0.05) is 66.2 Å². The lowest BCUT2D eigenvalue weighted by atomic mass is 9.93. The van der Waals surface area contributed by atoms with Crippen LogP contribution in [0.3, 0.4) is 0 Å². The first-order valence-electron chi connectivity index (χ1n) is 6.92. The molecule has 0 fully saturated rings. The van der Waals surface area contributed by atoms with Gasteiger partial charge in [0.25, 0.3) is 0 Å². The first-order chi connectivity index (χ1) is 10.2. The molecule has 1 nitrogen and oxygen atoms in total. The molecule has 0 saturated heterocycles. The Balaban J connectivity index is 2.06. The van der Waals surface area contributed by atoms with Gasteiger partial charge < -0.3 is 0 Å². The highest BCUT2D eigenvalue weighted by atomic mass is 35.5. The fourth-order valence-electron chi connectivity index (χ4n) is 2.65. The van der Waals surface area contributed by atoms with E-state index >= 15 is 0 Å². The number of aryl methyl sites for hydroxylation is 1. The topological polar surface area (TPSA) is 17.1 Å². The predicted molar refractivity (Wildman–Crippen MR) is 88.2 cm³/mol. The molecular formula is C19H15ClO. The molecule has 0 atom stereocenters. The van der Waals surface area contributed by atoms with Gasteiger partial charge in [0.15, 0.2) is 5.78 Å². The molecular weight excluding hydrogens is 280 g/mol. The third kappa shape index (κ3) is 2.70. The van der Waals surface area contributed by atoms with Gasteiger partial charge in [-0.2, -0.15) is 0 Å². The van der Waals surface area contributed by atoms with Crippen molar-refractivity contribution in [2.75, 3.05) is 0 Å². The first kappa shape index (κ1) is 13.8. The van der Waals surface area contributed by atoms with E-state index in [0.29, 0.717) is 11.4 Å². The van der Waals surface area contributed by atoms with Crippen LogP contribution in [0.5, 0.6) is 0 Å². The smallest absolute Gasteiger partial charge is 0.168 e. The van der Waals surface area contributed by atoms with E-state index in [9.17, 15) is 4.79 Å². The van der Waals surface area contributed by atoms with Crippen molar-refractivity contribution in [1.82, 2.24) is 0 Å². The van der Waals surface area contributed by atoms with Crippen LogP contribution in [0.15, 0.2) is 60.7 Å². The van der Waals surface area contributed by atoms with Crippen molar-refractivity contribution in [3.05, 3.63) is 82.4 Å². The highest BCUT2D eigenvalue weighted by molar-refractivity contribution is 6.31. The summed E-state index contributed by atoms with van der Waals surface area (Å²) >= 11 is 6.16. The number of halogens is 1. The Hall–Kier alpha value is -2.12. The SMILES string of the molecule is Cc1ccc2ccccc2c1C(=O)Cc1ccccc1Cl. The van der Waals surface area contributed by atoms with Gasteiger partial charge in [-0.15, -0.1) is 0 Å². The molecule has 104 valence electrons. The second-order valence-electron chi connectivity index (χ2n) is 5.17. The molecule has 0 aliphatic carbocycles. The summed E-state index contributed by atoms with van der Waals surface area (Å²) in [7, 11) is 0. The van der Waals surface area contributed by atoms with Crippen molar-refractivity contribution in [2.45, 2.75) is 13.3 Å². The minimum absolute atomic E-state index is 0.109. The first-order valence-corrected chi connectivity index (χ1v) is 7.29. The Morgan fingerprint density at radius 3 is 2.48 bits per heavy atom. The monoisotopic (exact) mass is 294 g/mol. The summed E-state index contributed by atoms with van der Waals surface area (Å²) in [4.78, 5) is 12.7. The van der Waals surface area contributed by atoms with Crippen LogP contribution in [0.1, 0.15) is 21.5 Å². The summed E-state index contributed by atoms with van der Waals surface area (Å²) < 4.78 is 0. The predicted octanol–water partition coefficient (Wildman–Crippen LogP) is 5.23. The fourth-order valence-corrected chi connectivity index (χ4v) is 2.86. The quantitative estimate of drug-likeness (QED) is 0.605. The van der Waals surface area contributed by atoms with E-state index in [-0.39, 0.29) is 5.78 Å². The van der Waals surface area contributed by atoms with Crippen molar-refractivity contribution in [3.63, 3.8) is 0 Å². The maximum absolute atomic E-state index is 12.7. The Bertz CT molecular complexity index is 821. The van der Waals surface area contributed by atoms with E-state index in [1.807, 2.05) is 61.5 Å². The largest absolute Gasteiger partial charge is 0.294 e. The van der Waals surface area contributed by atoms with E-state index < -0.39 is 0 Å². The molecule has 0 saturated carbocycles. The zero-order valence-corrected chi connectivity index (χ0v) is 12.5. The molecule has 2 heteroatoms. The van der Waals surface area contributed by atoms with Gasteiger partial charge >= 0.3 is 0 Å². The van der Waals surface area contributed by atoms with Gasteiger partial charge in [0, 0.05) is 17.0 Å². The molecule has 3 aromatic rings. The van der Waals surface area contributed by atoms with E-state index in [1.165, 1.54) is 0 Å². The lowest BCUT2D eigenvalue weighted by Crippen LogP contribution is -2.07. The van der Waals surface area contributed by atoms with Crippen LogP contribution in [-0.4, -0.2) is 5.78 Å². The molecule has 0 radical (unpaired) electrons. The van der Waals surface area contributed by atoms with Gasteiger partial charge in [-0.25, -0.2) is 0 Å². The average Bonchev–Trinajstić information content (AvgIpc) is 2.49. The second-order valence-corrected chi connectivity index (χ2v) is 5.58. The lowest BCUT2D eigenvalue weighted by Gasteiger charge is -2.10. The standard InChI is InChI=1S/C19H15ClO/c1-13-10-11-14-6-2-4-8-16(14)19(13)18(21)12-15-7-3-5-9-17(15)20/h2-11H,12H2,1H3. The van der Waals surface area contributed by atoms with Crippen molar-refractivity contribution >= 4 is 28.2 Å². The van der Waals surface area contributed by atoms with Crippen LogP contribution >= 0.6 is 11.6 Å². The Kier molecular flexibility index (Phi) is 3.76.